The molecular weight excluding hydrogens is 207 g/mol. The zero-order valence-electron chi connectivity index (χ0n) is 8.78. The molecule has 0 saturated carbocycles. The average molecular weight is 220 g/mol. The van der Waals surface area contributed by atoms with Crippen molar-refractivity contribution in [3.8, 4) is 5.75 Å². The Morgan fingerprint density at radius 3 is 2.57 bits per heavy atom. The molecule has 3 nitrogen and oxygen atoms in total. The van der Waals surface area contributed by atoms with E-state index in [1.54, 1.807) is 0 Å². The summed E-state index contributed by atoms with van der Waals surface area (Å²) in [6, 6.07) is 8.30. The summed E-state index contributed by atoms with van der Waals surface area (Å²) in [5.41, 5.74) is 0. The predicted molar refractivity (Wildman–Crippen MR) is 56.3 cm³/mol. The van der Waals surface area contributed by atoms with Crippen LogP contribution in [-0.4, -0.2) is 66.6 Å². The SMILES string of the molecule is CC(=O)O.CCOc1ccc[c]([K])c1. The molecule has 0 aromatic heterocycles. The molecule has 1 N–H and O–H groups in total. The number of ether oxygens (including phenoxy) is 1. The topological polar surface area (TPSA) is 46.5 Å². The molecule has 0 unspecified atom stereocenters. The first-order valence-corrected chi connectivity index (χ1v) is 6.01. The van der Waals surface area contributed by atoms with Crippen molar-refractivity contribution in [2.75, 3.05) is 6.61 Å². The number of carboxylic acids is 1. The van der Waals surface area contributed by atoms with Crippen LogP contribution in [0.1, 0.15) is 13.8 Å². The minimum atomic E-state index is -0.833. The molecule has 1 aromatic rings. The molecule has 1 rings (SSSR count). The van der Waals surface area contributed by atoms with Gasteiger partial charge in [0.2, 0.25) is 0 Å². The summed E-state index contributed by atoms with van der Waals surface area (Å²) in [6.07, 6.45) is 0. The van der Waals surface area contributed by atoms with Gasteiger partial charge in [0.15, 0.2) is 0 Å². The first-order valence-electron chi connectivity index (χ1n) is 4.45. The molecule has 0 saturated heterocycles. The van der Waals surface area contributed by atoms with Gasteiger partial charge in [-0.05, 0) is 0 Å². The van der Waals surface area contributed by atoms with Gasteiger partial charge in [-0.1, -0.05) is 0 Å². The van der Waals surface area contributed by atoms with Crippen LogP contribution >= 0.6 is 0 Å². The van der Waals surface area contributed by atoms with E-state index in [0.717, 1.165) is 68.2 Å². The van der Waals surface area contributed by atoms with E-state index in [2.05, 4.69) is 12.1 Å². The van der Waals surface area contributed by atoms with Crippen LogP contribution < -0.4 is 4.39 Å². The Kier molecular flexibility index (Phi) is 8.51. The fourth-order valence-corrected chi connectivity index (χ4v) is 1.62. The van der Waals surface area contributed by atoms with Crippen molar-refractivity contribution in [1.29, 1.82) is 0 Å². The van der Waals surface area contributed by atoms with Crippen LogP contribution in [0.15, 0.2) is 24.3 Å². The first kappa shape index (κ1) is 14.1. The van der Waals surface area contributed by atoms with E-state index in [1.165, 1.54) is -0.342 Å². The Morgan fingerprint density at radius 2 is 2.14 bits per heavy atom. The number of hydrogen-bond acceptors (Lipinski definition) is 2. The second-order valence-corrected chi connectivity index (χ2v) is 4.57. The number of carbonyl (C=O) groups is 1. The van der Waals surface area contributed by atoms with Gasteiger partial charge in [0, 0.05) is 6.92 Å². The summed E-state index contributed by atoms with van der Waals surface area (Å²) in [4.78, 5) is 9.00. The van der Waals surface area contributed by atoms with Gasteiger partial charge < -0.3 is 5.11 Å². The van der Waals surface area contributed by atoms with Gasteiger partial charge in [0.1, 0.15) is 0 Å². The summed E-state index contributed by atoms with van der Waals surface area (Å²) in [5, 5.41) is 7.42. The molecule has 0 aliphatic heterocycles. The molecular formula is C10H13KO3. The normalized spacial score (nSPS) is 8.57. The Morgan fingerprint density at radius 1 is 1.57 bits per heavy atom. The number of rotatable bonds is 2. The van der Waals surface area contributed by atoms with Gasteiger partial charge in [0.25, 0.3) is 5.97 Å². The maximum absolute atomic E-state index is 9.00. The minimum absolute atomic E-state index is 0.760. The van der Waals surface area contributed by atoms with E-state index in [-0.39, 0.29) is 0 Å². The van der Waals surface area contributed by atoms with Crippen LogP contribution in [0.4, 0.5) is 0 Å². The van der Waals surface area contributed by atoms with Crippen molar-refractivity contribution in [2.45, 2.75) is 13.8 Å². The molecule has 0 aliphatic rings. The van der Waals surface area contributed by atoms with Gasteiger partial charge in [-0.15, -0.1) is 0 Å². The van der Waals surface area contributed by atoms with Gasteiger partial charge in [-0.25, -0.2) is 0 Å². The van der Waals surface area contributed by atoms with Crippen LogP contribution in [-0.2, 0) is 4.79 Å². The Balaban J connectivity index is 0.000000364. The molecule has 0 radical (unpaired) electrons. The van der Waals surface area contributed by atoms with Crippen LogP contribution in [0.25, 0.3) is 0 Å². The molecule has 0 spiro atoms. The van der Waals surface area contributed by atoms with Gasteiger partial charge in [-0.2, -0.15) is 0 Å². The average Bonchev–Trinajstić information content (AvgIpc) is 2.03. The van der Waals surface area contributed by atoms with E-state index in [0.29, 0.717) is 0 Å². The summed E-state index contributed by atoms with van der Waals surface area (Å²) in [5.74, 6) is 0.174. The third-order valence-corrected chi connectivity index (χ3v) is 2.27. The molecule has 0 atom stereocenters. The molecule has 0 aliphatic carbocycles. The Hall–Kier alpha value is 0.126. The zero-order valence-corrected chi connectivity index (χ0v) is 11.9. The summed E-state index contributed by atoms with van der Waals surface area (Å²) in [7, 11) is 0. The molecule has 0 fully saturated rings. The number of aliphatic carboxylic acids is 1. The fraction of sp³-hybridized carbons (Fsp3) is 0.300. The molecule has 0 amide bonds. The van der Waals surface area contributed by atoms with Crippen molar-refractivity contribution in [1.82, 2.24) is 0 Å². The summed E-state index contributed by atoms with van der Waals surface area (Å²) in [6.45, 7) is 3.85. The van der Waals surface area contributed by atoms with E-state index in [9.17, 15) is 0 Å². The van der Waals surface area contributed by atoms with Crippen LogP contribution in [0.2, 0.25) is 0 Å². The van der Waals surface area contributed by atoms with Crippen molar-refractivity contribution >= 4 is 54.6 Å². The van der Waals surface area contributed by atoms with Gasteiger partial charge >= 0.3 is 96.9 Å². The number of carboxylic acid groups (broad SMARTS) is 1. The van der Waals surface area contributed by atoms with Gasteiger partial charge in [-0.3, -0.25) is 4.79 Å². The van der Waals surface area contributed by atoms with Crippen molar-refractivity contribution in [3.63, 3.8) is 0 Å². The standard InChI is InChI=1S/C8H9O.C2H4O2.K/c1-2-9-8-6-4-3-5-7-8;1-2(3)4;/h3-4,6-7H,2H2,1H3;1H3,(H,3,4);. The van der Waals surface area contributed by atoms with Crippen LogP contribution in [0.5, 0.6) is 5.75 Å². The Labute approximate surface area is 118 Å². The molecule has 14 heavy (non-hydrogen) atoms. The molecule has 1 aromatic carbocycles. The number of benzene rings is 1. The van der Waals surface area contributed by atoms with E-state index < -0.39 is 5.97 Å². The van der Waals surface area contributed by atoms with E-state index in [1.807, 2.05) is 19.1 Å². The third-order valence-electron chi connectivity index (χ3n) is 1.30. The van der Waals surface area contributed by atoms with Gasteiger partial charge in [0.05, 0.1) is 0 Å². The first-order chi connectivity index (χ1) is 6.56. The van der Waals surface area contributed by atoms with Crippen LogP contribution in [0.3, 0.4) is 0 Å². The van der Waals surface area contributed by atoms with E-state index in [4.69, 9.17) is 14.6 Å². The summed E-state index contributed by atoms with van der Waals surface area (Å²) >= 11 is 0.764. The maximum atomic E-state index is 9.00. The van der Waals surface area contributed by atoms with E-state index >= 15 is 0 Å². The molecule has 0 heterocycles. The second kappa shape index (κ2) is 8.44. The quantitative estimate of drug-likeness (QED) is 0.755. The van der Waals surface area contributed by atoms with Crippen molar-refractivity contribution < 1.29 is 14.6 Å². The Bertz CT molecular complexity index is 282. The molecule has 4 heteroatoms. The fourth-order valence-electron chi connectivity index (χ4n) is 0.872. The van der Waals surface area contributed by atoms with Crippen molar-refractivity contribution in [3.05, 3.63) is 24.3 Å². The zero-order chi connectivity index (χ0) is 11.0. The summed E-state index contributed by atoms with van der Waals surface area (Å²) < 4.78 is 6.75. The number of hydrogen-bond donors (Lipinski definition) is 1. The molecule has 72 valence electrons. The monoisotopic (exact) mass is 220 g/mol. The predicted octanol–water partition coefficient (Wildman–Crippen LogP) is 0.970. The van der Waals surface area contributed by atoms with Crippen molar-refractivity contribution in [2.24, 2.45) is 0 Å². The molecule has 0 bridgehead atoms. The second-order valence-electron chi connectivity index (χ2n) is 2.77. The third kappa shape index (κ3) is 8.71. The van der Waals surface area contributed by atoms with Crippen LogP contribution in [0, 0.1) is 0 Å².